The van der Waals surface area contributed by atoms with Crippen LogP contribution in [0.3, 0.4) is 0 Å². The first kappa shape index (κ1) is 17.4. The molecule has 0 aliphatic carbocycles. The van der Waals surface area contributed by atoms with E-state index in [4.69, 9.17) is 0 Å². The molecule has 0 amide bonds. The molecule has 1 aliphatic rings. The fraction of sp³-hybridized carbons (Fsp3) is 0.600. The van der Waals surface area contributed by atoms with Crippen LogP contribution in [0.1, 0.15) is 25.8 Å². The molecule has 1 unspecified atom stereocenters. The summed E-state index contributed by atoms with van der Waals surface area (Å²) in [5, 5.41) is 0. The molecular weight excluding hydrogens is 322 g/mol. The van der Waals surface area contributed by atoms with Gasteiger partial charge in [-0.15, -0.1) is 0 Å². The first-order valence-corrected chi connectivity index (χ1v) is 10.7. The molecule has 1 heterocycles. The Morgan fingerprint density at radius 3 is 2.27 bits per heavy atom. The van der Waals surface area contributed by atoms with Gasteiger partial charge in [-0.1, -0.05) is 31.5 Å². The van der Waals surface area contributed by atoms with Gasteiger partial charge < -0.3 is 0 Å². The highest BCUT2D eigenvalue weighted by Gasteiger charge is 2.38. The van der Waals surface area contributed by atoms with Gasteiger partial charge in [0.05, 0.1) is 16.4 Å². The van der Waals surface area contributed by atoms with E-state index >= 15 is 0 Å². The standard InChI is InChI=1S/C15H23NO4S2/c1-12(2)10-16(14-8-9-21(17,18)11-14)22(19,20)15-6-4-13(3)5-7-15/h4-7,12,14H,8-11H2,1-3H3. The number of hydrogen-bond acceptors (Lipinski definition) is 4. The van der Waals surface area contributed by atoms with Crippen molar-refractivity contribution in [1.29, 1.82) is 0 Å². The third-order valence-corrected chi connectivity index (χ3v) is 7.47. The smallest absolute Gasteiger partial charge is 0.229 e. The van der Waals surface area contributed by atoms with Crippen molar-refractivity contribution < 1.29 is 16.8 Å². The normalized spacial score (nSPS) is 21.6. The van der Waals surface area contributed by atoms with Crippen molar-refractivity contribution >= 4 is 19.9 Å². The molecule has 0 bridgehead atoms. The molecule has 2 rings (SSSR count). The maximum absolute atomic E-state index is 12.9. The number of nitrogens with zero attached hydrogens (tertiary/aromatic N) is 1. The third kappa shape index (κ3) is 3.88. The van der Waals surface area contributed by atoms with E-state index in [2.05, 4.69) is 0 Å². The van der Waals surface area contributed by atoms with Gasteiger partial charge in [0.25, 0.3) is 0 Å². The average Bonchev–Trinajstić information content (AvgIpc) is 2.76. The minimum Gasteiger partial charge on any atom is -0.229 e. The number of rotatable bonds is 5. The van der Waals surface area contributed by atoms with Crippen molar-refractivity contribution in [2.24, 2.45) is 5.92 Å². The molecule has 1 saturated heterocycles. The Kier molecular flexibility index (Phi) is 4.99. The van der Waals surface area contributed by atoms with Crippen LogP contribution in [-0.4, -0.2) is 45.2 Å². The van der Waals surface area contributed by atoms with Gasteiger partial charge in [-0.3, -0.25) is 0 Å². The summed E-state index contributed by atoms with van der Waals surface area (Å²) < 4.78 is 50.6. The van der Waals surface area contributed by atoms with Crippen LogP contribution in [0, 0.1) is 12.8 Å². The van der Waals surface area contributed by atoms with Crippen molar-refractivity contribution in [3.05, 3.63) is 29.8 Å². The lowest BCUT2D eigenvalue weighted by Crippen LogP contribution is -2.43. The molecule has 0 saturated carbocycles. The van der Waals surface area contributed by atoms with Crippen LogP contribution in [0.2, 0.25) is 0 Å². The van der Waals surface area contributed by atoms with Crippen molar-refractivity contribution in [2.45, 2.75) is 38.1 Å². The van der Waals surface area contributed by atoms with Gasteiger partial charge in [-0.05, 0) is 31.4 Å². The Hall–Kier alpha value is -0.920. The largest absolute Gasteiger partial charge is 0.243 e. The maximum atomic E-state index is 12.9. The van der Waals surface area contributed by atoms with Crippen molar-refractivity contribution in [3.63, 3.8) is 0 Å². The van der Waals surface area contributed by atoms with E-state index in [9.17, 15) is 16.8 Å². The minimum atomic E-state index is -3.68. The molecular formula is C15H23NO4S2. The molecule has 0 radical (unpaired) electrons. The molecule has 1 atom stereocenters. The minimum absolute atomic E-state index is 0.0652. The summed E-state index contributed by atoms with van der Waals surface area (Å²) >= 11 is 0. The Bertz CT molecular complexity index is 721. The number of sulfonamides is 1. The molecule has 1 aromatic rings. The van der Waals surface area contributed by atoms with Gasteiger partial charge in [0, 0.05) is 12.6 Å². The molecule has 0 N–H and O–H groups in total. The SMILES string of the molecule is Cc1ccc(S(=O)(=O)N(CC(C)C)C2CCS(=O)(=O)C2)cc1. The van der Waals surface area contributed by atoms with Crippen LogP contribution in [0.4, 0.5) is 0 Å². The van der Waals surface area contributed by atoms with E-state index in [-0.39, 0.29) is 22.3 Å². The monoisotopic (exact) mass is 345 g/mol. The van der Waals surface area contributed by atoms with Crippen LogP contribution in [-0.2, 0) is 19.9 Å². The summed E-state index contributed by atoms with van der Waals surface area (Å²) in [6.45, 7) is 6.09. The zero-order valence-electron chi connectivity index (χ0n) is 13.2. The van der Waals surface area contributed by atoms with Crippen LogP contribution in [0.15, 0.2) is 29.2 Å². The molecule has 5 nitrogen and oxygen atoms in total. The van der Waals surface area contributed by atoms with E-state index in [0.717, 1.165) is 5.56 Å². The van der Waals surface area contributed by atoms with Gasteiger partial charge in [-0.25, -0.2) is 16.8 Å². The van der Waals surface area contributed by atoms with Gasteiger partial charge in [0.15, 0.2) is 9.84 Å². The molecule has 1 aromatic carbocycles. The van der Waals surface area contributed by atoms with E-state index in [1.165, 1.54) is 4.31 Å². The highest BCUT2D eigenvalue weighted by molar-refractivity contribution is 7.92. The second-order valence-corrected chi connectivity index (χ2v) is 10.5. The second kappa shape index (κ2) is 6.29. The highest BCUT2D eigenvalue weighted by atomic mass is 32.2. The first-order valence-electron chi connectivity index (χ1n) is 7.41. The molecule has 1 aliphatic heterocycles. The quantitative estimate of drug-likeness (QED) is 0.816. The topological polar surface area (TPSA) is 71.5 Å². The Balaban J connectivity index is 2.38. The van der Waals surface area contributed by atoms with E-state index < -0.39 is 25.9 Å². The number of hydrogen-bond donors (Lipinski definition) is 0. The summed E-state index contributed by atoms with van der Waals surface area (Å²) in [5.41, 5.74) is 0.984. The van der Waals surface area contributed by atoms with Crippen molar-refractivity contribution in [3.8, 4) is 0 Å². The fourth-order valence-corrected chi connectivity index (χ4v) is 6.29. The van der Waals surface area contributed by atoms with Crippen LogP contribution < -0.4 is 0 Å². The molecule has 22 heavy (non-hydrogen) atoms. The summed E-state index contributed by atoms with van der Waals surface area (Å²) in [7, 11) is -6.81. The summed E-state index contributed by atoms with van der Waals surface area (Å²) in [6, 6.07) is 6.22. The summed E-state index contributed by atoms with van der Waals surface area (Å²) in [6.07, 6.45) is 0.375. The zero-order chi connectivity index (χ0) is 16.5. The second-order valence-electron chi connectivity index (χ2n) is 6.34. The number of aryl methyl sites for hydroxylation is 1. The molecule has 7 heteroatoms. The predicted octanol–water partition coefficient (Wildman–Crippen LogP) is 1.83. The lowest BCUT2D eigenvalue weighted by molar-refractivity contribution is 0.308. The number of sulfone groups is 1. The lowest BCUT2D eigenvalue weighted by atomic mass is 10.2. The van der Waals surface area contributed by atoms with Crippen LogP contribution in [0.25, 0.3) is 0 Å². The van der Waals surface area contributed by atoms with E-state index in [1.807, 2.05) is 20.8 Å². The molecule has 0 aromatic heterocycles. The third-order valence-electron chi connectivity index (χ3n) is 3.79. The molecule has 1 fully saturated rings. The van der Waals surface area contributed by atoms with Gasteiger partial charge in [0.2, 0.25) is 10.0 Å². The highest BCUT2D eigenvalue weighted by Crippen LogP contribution is 2.26. The predicted molar refractivity (Wildman–Crippen MR) is 87.0 cm³/mol. The molecule has 0 spiro atoms. The summed E-state index contributed by atoms with van der Waals surface area (Å²) in [5.74, 6) is 0.115. The lowest BCUT2D eigenvalue weighted by Gasteiger charge is -2.29. The van der Waals surface area contributed by atoms with E-state index in [1.54, 1.807) is 24.3 Å². The van der Waals surface area contributed by atoms with Gasteiger partial charge in [0.1, 0.15) is 0 Å². The Labute approximate surface area is 133 Å². The van der Waals surface area contributed by atoms with Gasteiger partial charge in [-0.2, -0.15) is 4.31 Å². The van der Waals surface area contributed by atoms with E-state index in [0.29, 0.717) is 13.0 Å². The summed E-state index contributed by atoms with van der Waals surface area (Å²) in [4.78, 5) is 0.225. The van der Waals surface area contributed by atoms with Crippen LogP contribution in [0.5, 0.6) is 0 Å². The fourth-order valence-electron chi connectivity index (χ4n) is 2.65. The zero-order valence-corrected chi connectivity index (χ0v) is 14.8. The maximum Gasteiger partial charge on any atom is 0.243 e. The molecule has 124 valence electrons. The van der Waals surface area contributed by atoms with Crippen LogP contribution >= 0.6 is 0 Å². The number of benzene rings is 1. The Morgan fingerprint density at radius 1 is 1.23 bits per heavy atom. The van der Waals surface area contributed by atoms with Gasteiger partial charge >= 0.3 is 0 Å². The Morgan fingerprint density at radius 2 is 1.82 bits per heavy atom. The van der Waals surface area contributed by atoms with Crippen molar-refractivity contribution in [1.82, 2.24) is 4.31 Å². The first-order chi connectivity index (χ1) is 10.1. The van der Waals surface area contributed by atoms with Crippen molar-refractivity contribution in [2.75, 3.05) is 18.1 Å². The average molecular weight is 345 g/mol.